The van der Waals surface area contributed by atoms with Crippen LogP contribution in [0.1, 0.15) is 71.9 Å². The van der Waals surface area contributed by atoms with Crippen molar-refractivity contribution in [1.29, 1.82) is 0 Å². The van der Waals surface area contributed by atoms with Crippen LogP contribution in [0.25, 0.3) is 0 Å². The number of nitrogens with zero attached hydrogens (tertiary/aromatic N) is 1. The van der Waals surface area contributed by atoms with Crippen molar-refractivity contribution in [2.24, 2.45) is 11.3 Å². The van der Waals surface area contributed by atoms with Crippen molar-refractivity contribution in [3.63, 3.8) is 0 Å². The lowest BCUT2D eigenvalue weighted by Gasteiger charge is -2.41. The number of allylic oxidation sites excluding steroid dienone is 1. The number of aliphatic hydroxyl groups excluding tert-OH is 1. The van der Waals surface area contributed by atoms with Crippen molar-refractivity contribution in [1.82, 2.24) is 4.90 Å². The molecule has 0 unspecified atom stereocenters. The number of hydrogen-bond acceptors (Lipinski definition) is 3. The number of benzene rings is 1. The molecule has 0 radical (unpaired) electrons. The number of carbonyl (C=O) groups excluding carboxylic acids is 1. The molecule has 0 saturated carbocycles. The Hall–Kier alpha value is -1.85. The number of rotatable bonds is 8. The van der Waals surface area contributed by atoms with E-state index >= 15 is 0 Å². The quantitative estimate of drug-likeness (QED) is 0.572. The van der Waals surface area contributed by atoms with Crippen LogP contribution < -0.4 is 0 Å². The molecule has 5 nitrogen and oxygen atoms in total. The van der Waals surface area contributed by atoms with E-state index in [0.717, 1.165) is 34.6 Å². The SMILES string of the molecule is CC(C)C1=CN(CC[C@@H](O)C(=O)O)C(=O)C[C@@]1(C)c1ccc(CCC(C)(C)C)c(Cl)c1. The summed E-state index contributed by atoms with van der Waals surface area (Å²) in [5.74, 6) is -1.18. The van der Waals surface area contributed by atoms with Gasteiger partial charge in [-0.1, -0.05) is 65.3 Å². The van der Waals surface area contributed by atoms with E-state index in [1.807, 2.05) is 12.3 Å². The van der Waals surface area contributed by atoms with E-state index < -0.39 is 17.5 Å². The number of aliphatic hydroxyl groups is 1. The average Bonchev–Trinajstić information content (AvgIpc) is 2.64. The zero-order chi connectivity index (χ0) is 23.6. The Bertz CT molecular complexity index is 856. The van der Waals surface area contributed by atoms with Gasteiger partial charge in [0.1, 0.15) is 0 Å². The minimum Gasteiger partial charge on any atom is -0.479 e. The van der Waals surface area contributed by atoms with Gasteiger partial charge in [-0.05, 0) is 46.9 Å². The Labute approximate surface area is 191 Å². The Morgan fingerprint density at radius 3 is 2.45 bits per heavy atom. The highest BCUT2D eigenvalue weighted by Crippen LogP contribution is 2.43. The summed E-state index contributed by atoms with van der Waals surface area (Å²) in [5.41, 5.74) is 2.96. The number of hydrogen-bond donors (Lipinski definition) is 2. The lowest BCUT2D eigenvalue weighted by Crippen LogP contribution is -2.43. The van der Waals surface area contributed by atoms with Crippen molar-refractivity contribution in [3.05, 3.63) is 46.1 Å². The van der Waals surface area contributed by atoms with Gasteiger partial charge in [-0.3, -0.25) is 4.79 Å². The molecule has 2 rings (SSSR count). The second-order valence-corrected chi connectivity index (χ2v) is 10.8. The second-order valence-electron chi connectivity index (χ2n) is 10.3. The normalized spacial score (nSPS) is 20.7. The van der Waals surface area contributed by atoms with Crippen molar-refractivity contribution >= 4 is 23.5 Å². The maximum Gasteiger partial charge on any atom is 0.332 e. The molecular weight excluding hydrogens is 414 g/mol. The van der Waals surface area contributed by atoms with Crippen LogP contribution in [-0.4, -0.2) is 39.6 Å². The van der Waals surface area contributed by atoms with Gasteiger partial charge in [-0.2, -0.15) is 0 Å². The molecule has 172 valence electrons. The fraction of sp³-hybridized carbons (Fsp3) is 0.600. The van der Waals surface area contributed by atoms with E-state index in [4.69, 9.17) is 16.7 Å². The first-order chi connectivity index (χ1) is 14.2. The van der Waals surface area contributed by atoms with Gasteiger partial charge in [0.25, 0.3) is 0 Å². The molecule has 1 aliphatic heterocycles. The first kappa shape index (κ1) is 25.4. The highest BCUT2D eigenvalue weighted by atomic mass is 35.5. The summed E-state index contributed by atoms with van der Waals surface area (Å²) in [6.07, 6.45) is 2.58. The third kappa shape index (κ3) is 6.33. The van der Waals surface area contributed by atoms with Gasteiger partial charge >= 0.3 is 5.97 Å². The third-order valence-electron chi connectivity index (χ3n) is 6.14. The van der Waals surface area contributed by atoms with E-state index in [1.165, 1.54) is 0 Å². The average molecular weight is 450 g/mol. The second kappa shape index (κ2) is 9.74. The van der Waals surface area contributed by atoms with Gasteiger partial charge in [0.2, 0.25) is 5.91 Å². The van der Waals surface area contributed by atoms with Gasteiger partial charge in [-0.25, -0.2) is 4.79 Å². The van der Waals surface area contributed by atoms with E-state index in [0.29, 0.717) is 0 Å². The summed E-state index contributed by atoms with van der Waals surface area (Å²) in [5, 5.41) is 19.2. The summed E-state index contributed by atoms with van der Waals surface area (Å²) < 4.78 is 0. The molecule has 1 aromatic rings. The Morgan fingerprint density at radius 2 is 1.94 bits per heavy atom. The Balaban J connectivity index is 2.32. The monoisotopic (exact) mass is 449 g/mol. The summed E-state index contributed by atoms with van der Waals surface area (Å²) in [7, 11) is 0. The first-order valence-corrected chi connectivity index (χ1v) is 11.3. The van der Waals surface area contributed by atoms with Crippen LogP contribution in [-0.2, 0) is 21.4 Å². The molecule has 2 N–H and O–H groups in total. The smallest absolute Gasteiger partial charge is 0.332 e. The number of amides is 1. The van der Waals surface area contributed by atoms with Crippen molar-refractivity contribution in [2.75, 3.05) is 6.54 Å². The summed E-state index contributed by atoms with van der Waals surface area (Å²) >= 11 is 6.65. The lowest BCUT2D eigenvalue weighted by atomic mass is 9.68. The molecule has 0 aromatic heterocycles. The Kier molecular flexibility index (Phi) is 7.99. The van der Waals surface area contributed by atoms with Gasteiger partial charge in [0, 0.05) is 36.0 Å². The van der Waals surface area contributed by atoms with Crippen LogP contribution in [0.15, 0.2) is 30.0 Å². The molecule has 2 atom stereocenters. The number of carboxylic acid groups (broad SMARTS) is 1. The molecule has 1 aromatic carbocycles. The predicted molar refractivity (Wildman–Crippen MR) is 124 cm³/mol. The van der Waals surface area contributed by atoms with Crippen molar-refractivity contribution < 1.29 is 19.8 Å². The van der Waals surface area contributed by atoms with E-state index in [9.17, 15) is 14.7 Å². The highest BCUT2D eigenvalue weighted by molar-refractivity contribution is 6.31. The molecule has 0 fully saturated rings. The molecule has 1 heterocycles. The molecule has 31 heavy (non-hydrogen) atoms. The maximum atomic E-state index is 12.9. The summed E-state index contributed by atoms with van der Waals surface area (Å²) in [6, 6.07) is 6.15. The molecule has 0 bridgehead atoms. The minimum atomic E-state index is -1.48. The molecule has 0 aliphatic carbocycles. The summed E-state index contributed by atoms with van der Waals surface area (Å²) in [4.78, 5) is 25.4. The van der Waals surface area contributed by atoms with Crippen molar-refractivity contribution in [2.45, 2.75) is 78.7 Å². The maximum absolute atomic E-state index is 12.9. The van der Waals surface area contributed by atoms with Crippen LogP contribution in [0.2, 0.25) is 5.02 Å². The molecule has 1 aliphatic rings. The number of carbonyl (C=O) groups is 2. The third-order valence-corrected chi connectivity index (χ3v) is 6.49. The zero-order valence-corrected chi connectivity index (χ0v) is 20.3. The van der Waals surface area contributed by atoms with Crippen LogP contribution in [0, 0.1) is 11.3 Å². The lowest BCUT2D eigenvalue weighted by molar-refractivity contribution is -0.147. The van der Waals surface area contributed by atoms with Gasteiger partial charge in [-0.15, -0.1) is 0 Å². The zero-order valence-electron chi connectivity index (χ0n) is 19.5. The number of aliphatic carboxylic acids is 1. The van der Waals surface area contributed by atoms with Crippen molar-refractivity contribution in [3.8, 4) is 0 Å². The predicted octanol–water partition coefficient (Wildman–Crippen LogP) is 5.18. The molecular formula is C25H36ClNO4. The number of carboxylic acids is 1. The standard InChI is InChI=1S/C25H36ClNO4/c1-16(2)19-15-27(12-10-21(28)23(30)31)22(29)14-25(19,6)18-8-7-17(20(26)13-18)9-11-24(3,4)5/h7-8,13,15-16,21,28H,9-12,14H2,1-6H3,(H,30,31)/t21-,25+/m1/s1. The van der Waals surface area contributed by atoms with Gasteiger partial charge in [0.15, 0.2) is 6.10 Å². The molecule has 0 spiro atoms. The van der Waals surface area contributed by atoms with E-state index in [1.54, 1.807) is 4.90 Å². The molecule has 6 heteroatoms. The van der Waals surface area contributed by atoms with E-state index in [-0.39, 0.29) is 36.6 Å². The molecule has 0 saturated heterocycles. The summed E-state index contributed by atoms with van der Waals surface area (Å²) in [6.45, 7) is 13.1. The van der Waals surface area contributed by atoms with Crippen LogP contribution in [0.3, 0.4) is 0 Å². The number of halogens is 1. The van der Waals surface area contributed by atoms with E-state index in [2.05, 4.69) is 53.7 Å². The van der Waals surface area contributed by atoms with Crippen LogP contribution in [0.5, 0.6) is 0 Å². The first-order valence-electron chi connectivity index (χ1n) is 11.0. The fourth-order valence-corrected chi connectivity index (χ4v) is 4.40. The van der Waals surface area contributed by atoms with Crippen LogP contribution >= 0.6 is 11.6 Å². The van der Waals surface area contributed by atoms with Gasteiger partial charge in [0.05, 0.1) is 0 Å². The molecule has 1 amide bonds. The van der Waals surface area contributed by atoms with Gasteiger partial charge < -0.3 is 15.1 Å². The minimum absolute atomic E-state index is 0.00599. The highest BCUT2D eigenvalue weighted by Gasteiger charge is 2.40. The largest absolute Gasteiger partial charge is 0.479 e. The topological polar surface area (TPSA) is 77.8 Å². The Morgan fingerprint density at radius 1 is 1.29 bits per heavy atom. The fourth-order valence-electron chi connectivity index (χ4n) is 4.12. The van der Waals surface area contributed by atoms with Crippen LogP contribution in [0.4, 0.5) is 0 Å². The number of aryl methyl sites for hydroxylation is 1.